The number of para-hydroxylation sites is 1. The van der Waals surface area contributed by atoms with Crippen LogP contribution in [0.4, 0.5) is 5.69 Å². The van der Waals surface area contributed by atoms with Crippen LogP contribution < -0.4 is 0 Å². The quantitative estimate of drug-likeness (QED) is 0.349. The van der Waals surface area contributed by atoms with E-state index in [0.717, 1.165) is 0 Å². The number of hydrogen-bond donors (Lipinski definition) is 0. The van der Waals surface area contributed by atoms with Crippen molar-refractivity contribution in [3.05, 3.63) is 46.5 Å². The molecule has 0 unspecified atom stereocenters. The van der Waals surface area contributed by atoms with Crippen molar-refractivity contribution >= 4 is 19.8 Å². The molecule has 0 aliphatic heterocycles. The number of nitro groups is 1. The Morgan fingerprint density at radius 1 is 1.38 bits per heavy atom. The van der Waals surface area contributed by atoms with E-state index in [2.05, 4.69) is 6.58 Å². The van der Waals surface area contributed by atoms with Gasteiger partial charge in [0.1, 0.15) is 5.76 Å². The van der Waals surface area contributed by atoms with Gasteiger partial charge in [0.2, 0.25) is 8.32 Å². The summed E-state index contributed by atoms with van der Waals surface area (Å²) in [6, 6.07) is 6.47. The lowest BCUT2D eigenvalue weighted by atomic mass is 10.1. The van der Waals surface area contributed by atoms with E-state index in [1.165, 1.54) is 6.07 Å². The van der Waals surface area contributed by atoms with Gasteiger partial charge in [0.25, 0.3) is 5.69 Å². The Morgan fingerprint density at radius 2 is 1.94 bits per heavy atom. The third-order valence-electron chi connectivity index (χ3n) is 1.83. The van der Waals surface area contributed by atoms with Gasteiger partial charge in [-0.1, -0.05) is 18.7 Å². The molecule has 0 spiro atoms. The van der Waals surface area contributed by atoms with Crippen LogP contribution in [0.2, 0.25) is 19.6 Å². The van der Waals surface area contributed by atoms with Crippen LogP contribution in [0.15, 0.2) is 30.8 Å². The molecular weight excluding hydrogens is 222 g/mol. The molecule has 0 N–H and O–H groups in total. The van der Waals surface area contributed by atoms with E-state index in [1.807, 2.05) is 19.6 Å². The van der Waals surface area contributed by atoms with Crippen molar-refractivity contribution in [2.24, 2.45) is 0 Å². The van der Waals surface area contributed by atoms with Crippen LogP contribution in [0.3, 0.4) is 0 Å². The molecule has 0 saturated heterocycles. The molecule has 4 nitrogen and oxygen atoms in total. The Labute approximate surface area is 95.8 Å². The van der Waals surface area contributed by atoms with Crippen molar-refractivity contribution in [3.63, 3.8) is 0 Å². The van der Waals surface area contributed by atoms with E-state index in [1.54, 1.807) is 18.2 Å². The molecule has 5 heteroatoms. The van der Waals surface area contributed by atoms with Gasteiger partial charge in [-0.25, -0.2) is 0 Å². The first-order valence-corrected chi connectivity index (χ1v) is 8.34. The molecule has 0 atom stereocenters. The number of nitro benzene ring substituents is 1. The van der Waals surface area contributed by atoms with E-state index in [-0.39, 0.29) is 5.69 Å². The first-order chi connectivity index (χ1) is 7.31. The molecule has 86 valence electrons. The SMILES string of the molecule is C=C(O[Si](C)(C)C)c1ccccc1[N+](=O)[O-]. The maximum atomic E-state index is 10.8. The summed E-state index contributed by atoms with van der Waals surface area (Å²) in [6.45, 7) is 9.78. The zero-order valence-corrected chi connectivity index (χ0v) is 10.7. The van der Waals surface area contributed by atoms with Gasteiger partial charge in [0.05, 0.1) is 10.5 Å². The van der Waals surface area contributed by atoms with E-state index in [4.69, 9.17) is 4.43 Å². The molecule has 0 saturated carbocycles. The summed E-state index contributed by atoms with van der Waals surface area (Å²) in [5.41, 5.74) is 0.487. The van der Waals surface area contributed by atoms with Gasteiger partial charge >= 0.3 is 0 Å². The average Bonchev–Trinajstić information content (AvgIpc) is 2.15. The number of benzene rings is 1. The summed E-state index contributed by atoms with van der Waals surface area (Å²) in [5.74, 6) is 0.381. The summed E-state index contributed by atoms with van der Waals surface area (Å²) in [6.07, 6.45) is 0. The molecular formula is C11H15NO3Si. The first-order valence-electron chi connectivity index (χ1n) is 4.93. The minimum absolute atomic E-state index is 0.0331. The Balaban J connectivity index is 3.04. The highest BCUT2D eigenvalue weighted by Gasteiger charge is 2.22. The molecule has 0 aliphatic carbocycles. The van der Waals surface area contributed by atoms with E-state index < -0.39 is 13.2 Å². The Kier molecular flexibility index (Phi) is 3.49. The summed E-state index contributed by atoms with van der Waals surface area (Å²) in [5, 5.41) is 10.8. The van der Waals surface area contributed by atoms with Crippen molar-refractivity contribution < 1.29 is 9.35 Å². The van der Waals surface area contributed by atoms with E-state index in [0.29, 0.717) is 11.3 Å². The van der Waals surface area contributed by atoms with Crippen molar-refractivity contribution in [2.45, 2.75) is 19.6 Å². The Hall–Kier alpha value is -1.62. The third kappa shape index (κ3) is 3.20. The summed E-state index contributed by atoms with van der Waals surface area (Å²) < 4.78 is 5.65. The predicted molar refractivity (Wildman–Crippen MR) is 66.6 cm³/mol. The van der Waals surface area contributed by atoms with Gasteiger partial charge in [0, 0.05) is 6.07 Å². The topological polar surface area (TPSA) is 52.4 Å². The molecule has 1 rings (SSSR count). The van der Waals surface area contributed by atoms with Crippen LogP contribution in [0.1, 0.15) is 5.56 Å². The van der Waals surface area contributed by atoms with Crippen LogP contribution in [-0.2, 0) is 4.43 Å². The molecule has 0 bridgehead atoms. The van der Waals surface area contributed by atoms with Crippen molar-refractivity contribution in [3.8, 4) is 0 Å². The molecule has 0 amide bonds. The minimum atomic E-state index is -1.78. The highest BCUT2D eigenvalue weighted by Crippen LogP contribution is 2.27. The fraction of sp³-hybridized carbons (Fsp3) is 0.273. The zero-order chi connectivity index (χ0) is 12.3. The molecule has 16 heavy (non-hydrogen) atoms. The second-order valence-corrected chi connectivity index (χ2v) is 8.84. The van der Waals surface area contributed by atoms with Gasteiger partial charge in [-0.3, -0.25) is 10.1 Å². The average molecular weight is 237 g/mol. The van der Waals surface area contributed by atoms with Crippen LogP contribution in [0.25, 0.3) is 5.76 Å². The third-order valence-corrected chi connectivity index (χ3v) is 2.69. The Bertz CT molecular complexity index is 423. The monoisotopic (exact) mass is 237 g/mol. The van der Waals surface area contributed by atoms with Gasteiger partial charge in [-0.05, 0) is 25.7 Å². The van der Waals surface area contributed by atoms with Crippen molar-refractivity contribution in [1.82, 2.24) is 0 Å². The highest BCUT2D eigenvalue weighted by atomic mass is 28.4. The molecule has 1 aromatic rings. The number of hydrogen-bond acceptors (Lipinski definition) is 3. The predicted octanol–water partition coefficient (Wildman–Crippen LogP) is 3.42. The molecule has 0 aromatic heterocycles. The van der Waals surface area contributed by atoms with Gasteiger partial charge < -0.3 is 4.43 Å². The first kappa shape index (κ1) is 12.4. The molecule has 0 radical (unpaired) electrons. The second kappa shape index (κ2) is 4.48. The lowest BCUT2D eigenvalue weighted by Crippen LogP contribution is -2.24. The second-order valence-electron chi connectivity index (χ2n) is 4.41. The van der Waals surface area contributed by atoms with Gasteiger partial charge in [-0.15, -0.1) is 0 Å². The molecule has 0 aliphatic rings. The van der Waals surface area contributed by atoms with Crippen molar-refractivity contribution in [2.75, 3.05) is 0 Å². The Morgan fingerprint density at radius 3 is 2.44 bits per heavy atom. The summed E-state index contributed by atoms with van der Waals surface area (Å²) >= 11 is 0. The number of rotatable bonds is 4. The largest absolute Gasteiger partial charge is 0.544 e. The maximum absolute atomic E-state index is 10.8. The zero-order valence-electron chi connectivity index (χ0n) is 9.69. The van der Waals surface area contributed by atoms with Crippen LogP contribution in [-0.4, -0.2) is 13.2 Å². The normalized spacial score (nSPS) is 10.9. The van der Waals surface area contributed by atoms with Crippen molar-refractivity contribution in [1.29, 1.82) is 0 Å². The lowest BCUT2D eigenvalue weighted by molar-refractivity contribution is -0.385. The van der Waals surface area contributed by atoms with Crippen LogP contribution in [0, 0.1) is 10.1 Å². The summed E-state index contributed by atoms with van der Waals surface area (Å²) in [7, 11) is -1.78. The molecule has 0 heterocycles. The van der Waals surface area contributed by atoms with Crippen LogP contribution >= 0.6 is 0 Å². The minimum Gasteiger partial charge on any atom is -0.544 e. The van der Waals surface area contributed by atoms with Gasteiger partial charge in [-0.2, -0.15) is 0 Å². The number of nitrogens with zero attached hydrogens (tertiary/aromatic N) is 1. The fourth-order valence-corrected chi connectivity index (χ4v) is 2.14. The lowest BCUT2D eigenvalue weighted by Gasteiger charge is -2.20. The maximum Gasteiger partial charge on any atom is 0.280 e. The van der Waals surface area contributed by atoms with Gasteiger partial charge in [0.15, 0.2) is 0 Å². The van der Waals surface area contributed by atoms with E-state index in [9.17, 15) is 10.1 Å². The van der Waals surface area contributed by atoms with E-state index >= 15 is 0 Å². The highest BCUT2D eigenvalue weighted by molar-refractivity contribution is 6.70. The standard InChI is InChI=1S/C11H15NO3Si/c1-9(15-16(2,3)4)10-7-5-6-8-11(10)12(13)14/h5-8H,1H2,2-4H3. The summed E-state index contributed by atoms with van der Waals surface area (Å²) in [4.78, 5) is 10.4. The fourth-order valence-electron chi connectivity index (χ4n) is 1.29. The molecule has 1 aromatic carbocycles. The van der Waals surface area contributed by atoms with Crippen LogP contribution in [0.5, 0.6) is 0 Å². The molecule has 0 fully saturated rings. The smallest absolute Gasteiger partial charge is 0.280 e.